The lowest BCUT2D eigenvalue weighted by molar-refractivity contribution is 0.154. The van der Waals surface area contributed by atoms with E-state index in [4.69, 9.17) is 4.74 Å². The van der Waals surface area contributed by atoms with Gasteiger partial charge < -0.3 is 9.84 Å². The second-order valence-corrected chi connectivity index (χ2v) is 9.62. The number of allylic oxidation sites excluding steroid dienone is 3. The van der Waals surface area contributed by atoms with Crippen molar-refractivity contribution in [3.05, 3.63) is 34.6 Å². The summed E-state index contributed by atoms with van der Waals surface area (Å²) in [6.07, 6.45) is 18.8. The van der Waals surface area contributed by atoms with Crippen molar-refractivity contribution in [2.45, 2.75) is 132 Å². The van der Waals surface area contributed by atoms with Gasteiger partial charge in [0.25, 0.3) is 0 Å². The average molecular weight is 435 g/mol. The average Bonchev–Trinajstić information content (AvgIpc) is 2.71. The highest BCUT2D eigenvalue weighted by Crippen LogP contribution is 2.34. The topological polar surface area (TPSA) is 29.5 Å². The molecular weight excluding hydrogens is 380 g/mol. The number of hydrogen-bond donors (Lipinski definition) is 1. The molecule has 0 fully saturated rings. The van der Waals surface area contributed by atoms with Gasteiger partial charge in [-0.25, -0.2) is 0 Å². The molecule has 1 N–H and O–H groups in total. The van der Waals surface area contributed by atoms with E-state index in [9.17, 15) is 5.11 Å². The van der Waals surface area contributed by atoms with Gasteiger partial charge in [0.15, 0.2) is 0 Å². The first-order valence-electron chi connectivity index (χ1n) is 12.8. The summed E-state index contributed by atoms with van der Waals surface area (Å²) in [5.41, 5.74) is 3.98. The molecule has 0 saturated heterocycles. The summed E-state index contributed by atoms with van der Waals surface area (Å²) < 4.78 is 6.30. The molecule has 1 aliphatic rings. The maximum atomic E-state index is 10.5. The van der Waals surface area contributed by atoms with Crippen molar-refractivity contribution in [1.82, 2.24) is 0 Å². The van der Waals surface area contributed by atoms with E-state index in [-0.39, 0.29) is 19.4 Å². The molecule has 0 saturated carbocycles. The molecule has 2 heteroatoms. The van der Waals surface area contributed by atoms with Crippen LogP contribution in [0.3, 0.4) is 0 Å². The minimum atomic E-state index is -0.378. The van der Waals surface area contributed by atoms with Gasteiger partial charge in [-0.15, -0.1) is 0 Å². The number of rotatable bonds is 16. The maximum absolute atomic E-state index is 10.5. The van der Waals surface area contributed by atoms with Gasteiger partial charge in [-0.3, -0.25) is 0 Å². The van der Waals surface area contributed by atoms with Crippen LogP contribution in [0.1, 0.15) is 126 Å². The Bertz CT molecular complexity index is 555. The third kappa shape index (κ3) is 12.0. The summed E-state index contributed by atoms with van der Waals surface area (Å²) in [7, 11) is 0. The third-order valence-electron chi connectivity index (χ3n) is 6.66. The summed E-state index contributed by atoms with van der Waals surface area (Å²) >= 11 is 0. The molecule has 0 aliphatic heterocycles. The number of aliphatic hydroxyl groups is 1. The fourth-order valence-corrected chi connectivity index (χ4v) is 4.26. The molecule has 182 valence electrons. The van der Waals surface area contributed by atoms with E-state index in [0.29, 0.717) is 5.92 Å². The van der Waals surface area contributed by atoms with E-state index in [1.54, 1.807) is 0 Å². The van der Waals surface area contributed by atoms with Crippen LogP contribution in [0, 0.1) is 11.8 Å². The summed E-state index contributed by atoms with van der Waals surface area (Å²) in [4.78, 5) is 0. The van der Waals surface area contributed by atoms with Crippen LogP contribution >= 0.6 is 0 Å². The fourth-order valence-electron chi connectivity index (χ4n) is 4.26. The van der Waals surface area contributed by atoms with Gasteiger partial charge in [0, 0.05) is 5.92 Å². The van der Waals surface area contributed by atoms with Gasteiger partial charge in [0.1, 0.15) is 5.76 Å². The predicted molar refractivity (Wildman–Crippen MR) is 138 cm³/mol. The molecule has 3 unspecified atom stereocenters. The van der Waals surface area contributed by atoms with Gasteiger partial charge in [-0.05, 0) is 75.5 Å². The number of unbranched alkanes of at least 4 members (excludes halogenated alkanes) is 5. The first-order valence-corrected chi connectivity index (χ1v) is 12.8. The molecule has 3 atom stereocenters. The lowest BCUT2D eigenvalue weighted by Crippen LogP contribution is -2.23. The monoisotopic (exact) mass is 434 g/mol. The van der Waals surface area contributed by atoms with Crippen LogP contribution in [-0.4, -0.2) is 17.8 Å². The zero-order valence-electron chi connectivity index (χ0n) is 20.9. The summed E-state index contributed by atoms with van der Waals surface area (Å²) in [6.45, 7) is 14.2. The molecule has 0 heterocycles. The van der Waals surface area contributed by atoms with Crippen LogP contribution in [0.15, 0.2) is 34.6 Å². The van der Waals surface area contributed by atoms with Crippen molar-refractivity contribution in [1.29, 1.82) is 0 Å². The van der Waals surface area contributed by atoms with E-state index in [0.717, 1.165) is 31.6 Å². The second kappa shape index (κ2) is 17.5. The molecule has 2 nitrogen and oxygen atoms in total. The van der Waals surface area contributed by atoms with E-state index in [2.05, 4.69) is 53.7 Å². The van der Waals surface area contributed by atoms with Gasteiger partial charge in [-0.1, -0.05) is 85.3 Å². The third-order valence-corrected chi connectivity index (χ3v) is 6.66. The maximum Gasteiger partial charge on any atom is 0.121 e. The second-order valence-electron chi connectivity index (χ2n) is 9.62. The molecule has 0 radical (unpaired) electrons. The van der Waals surface area contributed by atoms with Crippen LogP contribution in [0.2, 0.25) is 0 Å². The summed E-state index contributed by atoms with van der Waals surface area (Å²) in [5, 5.41) is 10.5. The van der Waals surface area contributed by atoms with Crippen molar-refractivity contribution >= 4 is 0 Å². The van der Waals surface area contributed by atoms with Crippen molar-refractivity contribution in [2.24, 2.45) is 11.8 Å². The van der Waals surface area contributed by atoms with Crippen molar-refractivity contribution in [3.8, 4) is 0 Å². The van der Waals surface area contributed by atoms with Crippen LogP contribution in [0.4, 0.5) is 0 Å². The molecule has 0 spiro atoms. The normalized spacial score (nSPS) is 20.4. The molecule has 0 bridgehead atoms. The Balaban J connectivity index is 0.00000900. The number of ether oxygens (including phenoxy) is 1. The highest BCUT2D eigenvalue weighted by Gasteiger charge is 2.26. The lowest BCUT2D eigenvalue weighted by atomic mass is 9.84. The van der Waals surface area contributed by atoms with Gasteiger partial charge >= 0.3 is 0 Å². The Hall–Kier alpha value is -1.02. The predicted octanol–water partition coefficient (Wildman–Crippen LogP) is 9.15. The highest BCUT2D eigenvalue weighted by molar-refractivity contribution is 5.37. The van der Waals surface area contributed by atoms with E-state index in [1.807, 2.05) is 0 Å². The molecule has 1 rings (SSSR count). The van der Waals surface area contributed by atoms with Crippen LogP contribution in [0.5, 0.6) is 0 Å². The first kappa shape index (κ1) is 30.0. The van der Waals surface area contributed by atoms with Crippen molar-refractivity contribution in [3.63, 3.8) is 0 Å². The molecular formula is C29H54O2. The largest absolute Gasteiger partial charge is 0.493 e. The zero-order chi connectivity index (χ0) is 22.4. The minimum Gasteiger partial charge on any atom is -0.493 e. The van der Waals surface area contributed by atoms with Crippen molar-refractivity contribution in [2.75, 3.05) is 6.61 Å². The lowest BCUT2D eigenvalue weighted by Gasteiger charge is -2.29. The Morgan fingerprint density at radius 1 is 1.10 bits per heavy atom. The summed E-state index contributed by atoms with van der Waals surface area (Å²) in [5.74, 6) is 1.91. The molecule has 0 amide bonds. The van der Waals surface area contributed by atoms with Crippen LogP contribution < -0.4 is 0 Å². The zero-order valence-corrected chi connectivity index (χ0v) is 20.9. The minimum absolute atomic E-state index is 0. The fraction of sp³-hybridized carbons (Fsp3) is 0.793. The standard InChI is InChI=1S/C28H50O2.CH4/c1-7-9-10-11-12-13-20-30-28-25(6)24(5)27(29)21-26(28)19-18-23(4)17-14-16-22(3)15-8-2;/h16,21,23-24,27,29H,7-15,17-20H2,1-6H3;1H4/b22-16+;. The Kier molecular flexibility index (Phi) is 16.9. The van der Waals surface area contributed by atoms with E-state index < -0.39 is 0 Å². The van der Waals surface area contributed by atoms with Gasteiger partial charge in [0.2, 0.25) is 0 Å². The quantitative estimate of drug-likeness (QED) is 0.194. The Morgan fingerprint density at radius 2 is 1.77 bits per heavy atom. The summed E-state index contributed by atoms with van der Waals surface area (Å²) in [6, 6.07) is 0. The van der Waals surface area contributed by atoms with E-state index >= 15 is 0 Å². The number of hydrogen-bond acceptors (Lipinski definition) is 2. The van der Waals surface area contributed by atoms with Crippen LogP contribution in [0.25, 0.3) is 0 Å². The molecule has 0 aromatic heterocycles. The smallest absolute Gasteiger partial charge is 0.121 e. The highest BCUT2D eigenvalue weighted by atomic mass is 16.5. The first-order chi connectivity index (χ1) is 14.4. The SMILES string of the molecule is C.CCCCCCCCOC1=C(C)C(C)C(O)C=C1CCC(C)CC/C=C(\C)CCC. The van der Waals surface area contributed by atoms with Crippen LogP contribution in [-0.2, 0) is 4.74 Å². The molecule has 31 heavy (non-hydrogen) atoms. The van der Waals surface area contributed by atoms with E-state index in [1.165, 1.54) is 74.5 Å². The molecule has 1 aliphatic carbocycles. The Labute approximate surface area is 195 Å². The van der Waals surface area contributed by atoms with Gasteiger partial charge in [0.05, 0.1) is 12.7 Å². The Morgan fingerprint density at radius 3 is 2.45 bits per heavy atom. The molecule has 0 aromatic rings. The van der Waals surface area contributed by atoms with Crippen molar-refractivity contribution < 1.29 is 9.84 Å². The van der Waals surface area contributed by atoms with Gasteiger partial charge in [-0.2, -0.15) is 0 Å². The number of aliphatic hydroxyl groups excluding tert-OH is 1. The molecule has 0 aromatic carbocycles.